The van der Waals surface area contributed by atoms with Gasteiger partial charge in [-0.05, 0) is 46.9 Å². The van der Waals surface area contributed by atoms with Crippen LogP contribution >= 0.6 is 0 Å². The number of sulfonamides is 1. The van der Waals surface area contributed by atoms with Crippen molar-refractivity contribution >= 4 is 32.6 Å². The van der Waals surface area contributed by atoms with Gasteiger partial charge in [-0.3, -0.25) is 4.31 Å². The largest absolute Gasteiger partial charge is 0.477 e. The maximum atomic E-state index is 13.3. The number of aromatic amines is 1. The fourth-order valence-electron chi connectivity index (χ4n) is 3.86. The Morgan fingerprint density at radius 1 is 0.939 bits per heavy atom. The number of nitrogens with one attached hydrogen (secondary N) is 1. The predicted octanol–water partition coefficient (Wildman–Crippen LogP) is 5.66. The summed E-state index contributed by atoms with van der Waals surface area (Å²) >= 11 is 0. The molecule has 0 saturated carbocycles. The first-order chi connectivity index (χ1) is 15.5. The van der Waals surface area contributed by atoms with Crippen LogP contribution < -0.4 is 4.31 Å². The minimum atomic E-state index is -3.80. The molecular weight excluding hydrogens is 436 g/mol. The molecule has 6 nitrogen and oxygen atoms in total. The second-order valence-electron chi connectivity index (χ2n) is 9.02. The molecule has 0 amide bonds. The number of benzene rings is 3. The van der Waals surface area contributed by atoms with Gasteiger partial charge in [-0.15, -0.1) is 0 Å². The van der Waals surface area contributed by atoms with Crippen molar-refractivity contribution in [2.75, 3.05) is 11.4 Å². The Hall–Kier alpha value is -3.58. The summed E-state index contributed by atoms with van der Waals surface area (Å²) in [6.45, 7) is 6.22. The Kier molecular flexibility index (Phi) is 5.54. The maximum absolute atomic E-state index is 13.3. The molecule has 1 aromatic heterocycles. The lowest BCUT2D eigenvalue weighted by Crippen LogP contribution is -2.26. The predicted molar refractivity (Wildman–Crippen MR) is 131 cm³/mol. The second kappa shape index (κ2) is 8.08. The summed E-state index contributed by atoms with van der Waals surface area (Å²) in [6, 6.07) is 21.2. The molecule has 0 fully saturated rings. The van der Waals surface area contributed by atoms with Crippen molar-refractivity contribution in [1.82, 2.24) is 4.98 Å². The zero-order valence-corrected chi connectivity index (χ0v) is 19.8. The highest BCUT2D eigenvalue weighted by atomic mass is 32.2. The van der Waals surface area contributed by atoms with Gasteiger partial charge in [0.05, 0.1) is 10.6 Å². The number of carboxylic acids is 1. The zero-order valence-electron chi connectivity index (χ0n) is 19.0. The average molecular weight is 463 g/mol. The minimum Gasteiger partial charge on any atom is -0.477 e. The first kappa shape index (κ1) is 22.6. The third-order valence-corrected chi connectivity index (χ3v) is 7.60. The van der Waals surface area contributed by atoms with Crippen LogP contribution in [-0.2, 0) is 15.4 Å². The molecule has 7 heteroatoms. The van der Waals surface area contributed by atoms with Gasteiger partial charge in [0.15, 0.2) is 0 Å². The van der Waals surface area contributed by atoms with E-state index in [1.54, 1.807) is 30.3 Å². The molecule has 4 rings (SSSR count). The Morgan fingerprint density at radius 3 is 2.15 bits per heavy atom. The van der Waals surface area contributed by atoms with Crippen LogP contribution in [0.2, 0.25) is 0 Å². The number of carbonyl (C=O) groups is 1. The molecule has 0 unspecified atom stereocenters. The van der Waals surface area contributed by atoms with Gasteiger partial charge in [0.25, 0.3) is 10.0 Å². The van der Waals surface area contributed by atoms with E-state index >= 15 is 0 Å². The summed E-state index contributed by atoms with van der Waals surface area (Å²) in [5.74, 6) is -1.08. The molecule has 4 aromatic rings. The molecule has 2 N–H and O–H groups in total. The number of aromatic nitrogens is 1. The lowest BCUT2D eigenvalue weighted by molar-refractivity contribution is 0.0692. The number of H-pyrrole nitrogens is 1. The van der Waals surface area contributed by atoms with E-state index in [4.69, 9.17) is 0 Å². The fourth-order valence-corrected chi connectivity index (χ4v) is 5.05. The van der Waals surface area contributed by atoms with Gasteiger partial charge in [-0.25, -0.2) is 13.2 Å². The van der Waals surface area contributed by atoms with E-state index in [1.807, 2.05) is 42.5 Å². The first-order valence-corrected chi connectivity index (χ1v) is 12.0. The lowest BCUT2D eigenvalue weighted by atomic mass is 9.87. The van der Waals surface area contributed by atoms with Gasteiger partial charge in [0.1, 0.15) is 5.69 Å². The molecule has 1 heterocycles. The second-order valence-corrected chi connectivity index (χ2v) is 11.0. The molecule has 0 saturated heterocycles. The van der Waals surface area contributed by atoms with Crippen LogP contribution in [0.15, 0.2) is 77.7 Å². The number of fused-ring (bicyclic) bond motifs is 1. The highest BCUT2D eigenvalue weighted by Gasteiger charge is 2.24. The summed E-state index contributed by atoms with van der Waals surface area (Å²) < 4.78 is 27.9. The van der Waals surface area contributed by atoms with Crippen LogP contribution in [0.1, 0.15) is 36.8 Å². The third-order valence-electron chi connectivity index (χ3n) is 5.80. The van der Waals surface area contributed by atoms with Gasteiger partial charge in [0.2, 0.25) is 0 Å². The van der Waals surface area contributed by atoms with Gasteiger partial charge < -0.3 is 10.1 Å². The van der Waals surface area contributed by atoms with Gasteiger partial charge in [-0.2, -0.15) is 0 Å². The van der Waals surface area contributed by atoms with Crippen LogP contribution in [0.5, 0.6) is 0 Å². The molecule has 0 aliphatic heterocycles. The van der Waals surface area contributed by atoms with Crippen molar-refractivity contribution in [3.05, 3.63) is 84.1 Å². The Labute approximate surface area is 193 Å². The van der Waals surface area contributed by atoms with Gasteiger partial charge >= 0.3 is 5.97 Å². The van der Waals surface area contributed by atoms with Gasteiger partial charge in [-0.1, -0.05) is 63.2 Å². The smallest absolute Gasteiger partial charge is 0.352 e. The molecule has 0 aliphatic rings. The van der Waals surface area contributed by atoms with Crippen molar-refractivity contribution in [2.24, 2.45) is 0 Å². The number of anilines is 1. The van der Waals surface area contributed by atoms with E-state index < -0.39 is 16.0 Å². The lowest BCUT2D eigenvalue weighted by Gasteiger charge is -2.22. The Bertz CT molecular complexity index is 1430. The van der Waals surface area contributed by atoms with Crippen molar-refractivity contribution in [3.8, 4) is 11.1 Å². The molecule has 0 radical (unpaired) electrons. The highest BCUT2D eigenvalue weighted by Crippen LogP contribution is 2.36. The number of hydrogen-bond acceptors (Lipinski definition) is 3. The van der Waals surface area contributed by atoms with E-state index in [1.165, 1.54) is 11.4 Å². The average Bonchev–Trinajstić information content (AvgIpc) is 3.18. The molecule has 0 atom stereocenters. The van der Waals surface area contributed by atoms with Crippen molar-refractivity contribution in [1.29, 1.82) is 0 Å². The van der Waals surface area contributed by atoms with E-state index in [0.29, 0.717) is 22.2 Å². The van der Waals surface area contributed by atoms with E-state index in [0.717, 1.165) is 11.1 Å². The summed E-state index contributed by atoms with van der Waals surface area (Å²) in [6.07, 6.45) is 0. The van der Waals surface area contributed by atoms with Gasteiger partial charge in [0, 0.05) is 23.5 Å². The quantitative estimate of drug-likeness (QED) is 0.401. The van der Waals surface area contributed by atoms with Crippen LogP contribution in [-0.4, -0.2) is 31.5 Å². The van der Waals surface area contributed by atoms with Crippen molar-refractivity contribution in [3.63, 3.8) is 0 Å². The molecule has 0 bridgehead atoms. The van der Waals surface area contributed by atoms with E-state index in [9.17, 15) is 18.3 Å². The molecule has 33 heavy (non-hydrogen) atoms. The zero-order chi connectivity index (χ0) is 24.0. The third kappa shape index (κ3) is 4.12. The minimum absolute atomic E-state index is 0.0663. The monoisotopic (exact) mass is 462 g/mol. The van der Waals surface area contributed by atoms with Crippen molar-refractivity contribution in [2.45, 2.75) is 31.1 Å². The Morgan fingerprint density at radius 2 is 1.58 bits per heavy atom. The van der Waals surface area contributed by atoms with E-state index in [-0.39, 0.29) is 16.0 Å². The standard InChI is InChI=1S/C26H26N2O4S/c1-26(2,3)18-10-13-20(14-11-18)33(31,32)28(4)19-12-15-22-21(16-19)23(24(27-22)25(29)30)17-8-6-5-7-9-17/h5-16,27H,1-4H3,(H,29,30). The summed E-state index contributed by atoms with van der Waals surface area (Å²) in [7, 11) is -2.30. The fraction of sp³-hybridized carbons (Fsp3) is 0.192. The number of carboxylic acid groups (broad SMARTS) is 1. The number of rotatable bonds is 5. The van der Waals surface area contributed by atoms with Crippen LogP contribution in [0, 0.1) is 0 Å². The molecule has 3 aromatic carbocycles. The SMILES string of the molecule is CN(c1ccc2[nH]c(C(=O)O)c(-c3ccccc3)c2c1)S(=O)(=O)c1ccc(C(C)(C)C)cc1. The molecular formula is C26H26N2O4S. The number of hydrogen-bond donors (Lipinski definition) is 2. The molecule has 0 aliphatic carbocycles. The van der Waals surface area contributed by atoms with Crippen LogP contribution in [0.3, 0.4) is 0 Å². The first-order valence-electron chi connectivity index (χ1n) is 10.5. The molecule has 170 valence electrons. The summed E-state index contributed by atoms with van der Waals surface area (Å²) in [5.41, 5.74) is 3.36. The number of aromatic carboxylic acids is 1. The highest BCUT2D eigenvalue weighted by molar-refractivity contribution is 7.92. The van der Waals surface area contributed by atoms with Crippen molar-refractivity contribution < 1.29 is 18.3 Å². The summed E-state index contributed by atoms with van der Waals surface area (Å²) in [5, 5.41) is 10.4. The van der Waals surface area contributed by atoms with Crippen LogP contribution in [0.4, 0.5) is 5.69 Å². The maximum Gasteiger partial charge on any atom is 0.352 e. The topological polar surface area (TPSA) is 90.5 Å². The normalized spacial score (nSPS) is 12.1. The van der Waals surface area contributed by atoms with Crippen LogP contribution in [0.25, 0.3) is 22.0 Å². The number of nitrogens with zero attached hydrogens (tertiary/aromatic N) is 1. The van der Waals surface area contributed by atoms with E-state index in [2.05, 4.69) is 25.8 Å². The molecule has 0 spiro atoms. The Balaban J connectivity index is 1.80. The summed E-state index contributed by atoms with van der Waals surface area (Å²) in [4.78, 5) is 15.0.